The molecule has 0 fully saturated rings. The van der Waals surface area contributed by atoms with Gasteiger partial charge in [-0.1, -0.05) is 25.4 Å². The summed E-state index contributed by atoms with van der Waals surface area (Å²) in [7, 11) is -3.93. The van der Waals surface area contributed by atoms with Crippen molar-refractivity contribution < 1.29 is 13.3 Å². The topological polar surface area (TPSA) is 115 Å². The number of nitrogens with one attached hydrogen (secondary N) is 1. The van der Waals surface area contributed by atoms with Crippen LogP contribution < -0.4 is 10.5 Å². The maximum absolute atomic E-state index is 12.4. The predicted octanol–water partition coefficient (Wildman–Crippen LogP) is 2.21. The number of hydrogen-bond donors (Lipinski definition) is 2. The van der Waals surface area contributed by atoms with Crippen LogP contribution in [0.2, 0.25) is 5.02 Å². The molecule has 1 unspecified atom stereocenters. The Morgan fingerprint density at radius 1 is 1.41 bits per heavy atom. The van der Waals surface area contributed by atoms with Crippen LogP contribution in [0.15, 0.2) is 17.0 Å². The molecule has 0 aromatic heterocycles. The first-order valence-electron chi connectivity index (χ1n) is 6.75. The molecule has 0 bridgehead atoms. The van der Waals surface area contributed by atoms with E-state index in [0.717, 1.165) is 6.07 Å². The Hall–Kier alpha value is -1.22. The van der Waals surface area contributed by atoms with Crippen LogP contribution in [-0.4, -0.2) is 25.9 Å². The van der Waals surface area contributed by atoms with E-state index in [1.54, 1.807) is 0 Å². The Bertz CT molecular complexity index is 661. The van der Waals surface area contributed by atoms with Gasteiger partial charge >= 0.3 is 0 Å². The van der Waals surface area contributed by atoms with E-state index in [4.69, 9.17) is 17.3 Å². The quantitative estimate of drug-likeness (QED) is 0.578. The van der Waals surface area contributed by atoms with Crippen LogP contribution in [0.4, 0.5) is 5.69 Å². The SMILES string of the molecule is Cc1c(Cl)cc(S(=O)(=O)NC(CN)CC(C)C)cc1[N+](=O)[O-]. The molecule has 124 valence electrons. The largest absolute Gasteiger partial charge is 0.329 e. The van der Waals surface area contributed by atoms with Gasteiger partial charge in [-0.15, -0.1) is 0 Å². The predicted molar refractivity (Wildman–Crippen MR) is 85.5 cm³/mol. The average Bonchev–Trinajstić information content (AvgIpc) is 2.39. The van der Waals surface area contributed by atoms with Crippen molar-refractivity contribution in [3.63, 3.8) is 0 Å². The molecule has 1 aromatic carbocycles. The van der Waals surface area contributed by atoms with Crippen LogP contribution >= 0.6 is 11.6 Å². The van der Waals surface area contributed by atoms with E-state index in [1.807, 2.05) is 13.8 Å². The number of halogens is 1. The number of nitrogens with two attached hydrogens (primary N) is 1. The Morgan fingerprint density at radius 2 is 2.00 bits per heavy atom. The lowest BCUT2D eigenvalue weighted by Gasteiger charge is -2.19. The lowest BCUT2D eigenvalue weighted by atomic mass is 10.1. The highest BCUT2D eigenvalue weighted by atomic mass is 35.5. The summed E-state index contributed by atoms with van der Waals surface area (Å²) in [5.41, 5.74) is 5.47. The second kappa shape index (κ2) is 7.36. The first-order valence-corrected chi connectivity index (χ1v) is 8.61. The van der Waals surface area contributed by atoms with Gasteiger partial charge in [0.05, 0.1) is 14.8 Å². The minimum absolute atomic E-state index is 0.0303. The van der Waals surface area contributed by atoms with Gasteiger partial charge in [0.2, 0.25) is 10.0 Å². The van der Waals surface area contributed by atoms with Crippen LogP contribution in [0, 0.1) is 23.0 Å². The molecule has 0 heterocycles. The van der Waals surface area contributed by atoms with Gasteiger partial charge in [-0.05, 0) is 25.3 Å². The van der Waals surface area contributed by atoms with Gasteiger partial charge in [-0.25, -0.2) is 13.1 Å². The molecule has 1 atom stereocenters. The molecule has 7 nitrogen and oxygen atoms in total. The second-order valence-electron chi connectivity index (χ2n) is 5.49. The normalized spacial score (nSPS) is 13.4. The zero-order chi connectivity index (χ0) is 17.1. The van der Waals surface area contributed by atoms with Crippen molar-refractivity contribution in [3.05, 3.63) is 32.8 Å². The number of rotatable bonds is 7. The highest BCUT2D eigenvalue weighted by molar-refractivity contribution is 7.89. The van der Waals surface area contributed by atoms with Crippen molar-refractivity contribution in [3.8, 4) is 0 Å². The van der Waals surface area contributed by atoms with Crippen LogP contribution in [0.3, 0.4) is 0 Å². The zero-order valence-corrected chi connectivity index (χ0v) is 14.2. The number of hydrogen-bond acceptors (Lipinski definition) is 5. The van der Waals surface area contributed by atoms with Crippen LogP contribution in [0.5, 0.6) is 0 Å². The van der Waals surface area contributed by atoms with E-state index in [0.29, 0.717) is 6.42 Å². The summed E-state index contributed by atoms with van der Waals surface area (Å²) < 4.78 is 27.2. The number of sulfonamides is 1. The standard InChI is InChI=1S/C13H20ClN3O4S/c1-8(2)4-10(7-15)16-22(20,21)11-5-12(14)9(3)13(6-11)17(18)19/h5-6,8,10,16H,4,7,15H2,1-3H3. The molecule has 0 spiro atoms. The van der Waals surface area contributed by atoms with Gasteiger partial charge in [-0.2, -0.15) is 0 Å². The molecule has 1 aromatic rings. The maximum Gasteiger partial charge on any atom is 0.275 e. The minimum atomic E-state index is -3.93. The molecule has 1 rings (SSSR count). The third-order valence-corrected chi connectivity index (χ3v) is 5.05. The van der Waals surface area contributed by atoms with E-state index < -0.39 is 21.0 Å². The fourth-order valence-electron chi connectivity index (χ4n) is 2.03. The fourth-order valence-corrected chi connectivity index (χ4v) is 3.62. The summed E-state index contributed by atoms with van der Waals surface area (Å²) in [6.45, 7) is 5.50. The molecule has 0 saturated heterocycles. The highest BCUT2D eigenvalue weighted by Gasteiger charge is 2.25. The van der Waals surface area contributed by atoms with Crippen molar-refractivity contribution in [2.45, 2.75) is 38.1 Å². The summed E-state index contributed by atoms with van der Waals surface area (Å²) in [6.07, 6.45) is 0.567. The molecule has 0 aliphatic carbocycles. The number of nitrogens with zero attached hydrogens (tertiary/aromatic N) is 1. The monoisotopic (exact) mass is 349 g/mol. The van der Waals surface area contributed by atoms with Crippen molar-refractivity contribution in [2.24, 2.45) is 11.7 Å². The van der Waals surface area contributed by atoms with Gasteiger partial charge in [0.25, 0.3) is 5.69 Å². The Kier molecular flexibility index (Phi) is 6.30. The minimum Gasteiger partial charge on any atom is -0.329 e. The van der Waals surface area contributed by atoms with Crippen LogP contribution in [-0.2, 0) is 10.0 Å². The third kappa shape index (κ3) is 4.64. The molecule has 0 amide bonds. The Balaban J connectivity index is 3.20. The molecule has 0 aliphatic rings. The second-order valence-corrected chi connectivity index (χ2v) is 7.61. The first-order chi connectivity index (χ1) is 10.1. The van der Waals surface area contributed by atoms with Gasteiger partial charge in [0.15, 0.2) is 0 Å². The molecule has 0 saturated carbocycles. The highest BCUT2D eigenvalue weighted by Crippen LogP contribution is 2.29. The van der Waals surface area contributed by atoms with E-state index in [-0.39, 0.29) is 33.6 Å². The number of nitro benzene ring substituents is 1. The molecular weight excluding hydrogens is 330 g/mol. The van der Waals surface area contributed by atoms with Crippen molar-refractivity contribution in [2.75, 3.05) is 6.54 Å². The van der Waals surface area contributed by atoms with Crippen molar-refractivity contribution in [1.82, 2.24) is 4.72 Å². The molecular formula is C13H20ClN3O4S. The van der Waals surface area contributed by atoms with Crippen molar-refractivity contribution >= 4 is 27.3 Å². The number of benzene rings is 1. The number of nitro groups is 1. The first kappa shape index (κ1) is 18.8. The average molecular weight is 350 g/mol. The third-order valence-electron chi connectivity index (χ3n) is 3.16. The van der Waals surface area contributed by atoms with E-state index in [1.165, 1.54) is 13.0 Å². The smallest absolute Gasteiger partial charge is 0.275 e. The summed E-state index contributed by atoms with van der Waals surface area (Å²) in [5, 5.41) is 11.0. The van der Waals surface area contributed by atoms with Gasteiger partial charge in [-0.3, -0.25) is 10.1 Å². The summed E-state index contributed by atoms with van der Waals surface area (Å²) in [6, 6.07) is 1.77. The molecule has 3 N–H and O–H groups in total. The molecule has 9 heteroatoms. The zero-order valence-electron chi connectivity index (χ0n) is 12.7. The van der Waals surface area contributed by atoms with E-state index in [2.05, 4.69) is 4.72 Å². The van der Waals surface area contributed by atoms with Crippen molar-refractivity contribution in [1.29, 1.82) is 0 Å². The molecule has 22 heavy (non-hydrogen) atoms. The summed E-state index contributed by atoms with van der Waals surface area (Å²) in [5.74, 6) is 0.257. The Morgan fingerprint density at radius 3 is 2.45 bits per heavy atom. The van der Waals surface area contributed by atoms with Gasteiger partial charge in [0.1, 0.15) is 0 Å². The molecule has 0 radical (unpaired) electrons. The summed E-state index contributed by atoms with van der Waals surface area (Å²) >= 11 is 5.90. The van der Waals surface area contributed by atoms with Crippen LogP contribution in [0.1, 0.15) is 25.8 Å². The molecule has 0 aliphatic heterocycles. The maximum atomic E-state index is 12.4. The van der Waals surface area contributed by atoms with Gasteiger partial charge < -0.3 is 5.73 Å². The van der Waals surface area contributed by atoms with E-state index in [9.17, 15) is 18.5 Å². The van der Waals surface area contributed by atoms with Crippen LogP contribution in [0.25, 0.3) is 0 Å². The Labute approximate surface area is 135 Å². The summed E-state index contributed by atoms with van der Waals surface area (Å²) in [4.78, 5) is 10.1. The fraction of sp³-hybridized carbons (Fsp3) is 0.538. The lowest BCUT2D eigenvalue weighted by Crippen LogP contribution is -2.41. The lowest BCUT2D eigenvalue weighted by molar-refractivity contribution is -0.385. The van der Waals surface area contributed by atoms with Gasteiger partial charge in [0, 0.05) is 24.2 Å². The van der Waals surface area contributed by atoms with E-state index >= 15 is 0 Å².